The minimum absolute atomic E-state index is 0.527. The first-order valence-corrected chi connectivity index (χ1v) is 21.8. The van der Waals surface area contributed by atoms with Crippen molar-refractivity contribution in [3.8, 4) is 79.0 Å². The lowest BCUT2D eigenvalue weighted by atomic mass is 9.66. The number of benzene rings is 10. The number of hydrogen-bond acceptors (Lipinski definition) is 4. The minimum atomic E-state index is -0.527. The zero-order valence-electron chi connectivity index (χ0n) is 34.6. The van der Waals surface area contributed by atoms with Crippen LogP contribution in [-0.2, 0) is 5.41 Å². The highest BCUT2D eigenvalue weighted by molar-refractivity contribution is 6.09. The van der Waals surface area contributed by atoms with Crippen LogP contribution in [0.25, 0.3) is 89.1 Å². The van der Waals surface area contributed by atoms with E-state index in [2.05, 4.69) is 194 Å². The number of para-hydroxylation sites is 2. The van der Waals surface area contributed by atoms with Crippen LogP contribution >= 0.6 is 0 Å². The third-order valence-electron chi connectivity index (χ3n) is 13.2. The Morgan fingerprint density at radius 1 is 0.281 bits per heavy atom. The van der Waals surface area contributed by atoms with Crippen molar-refractivity contribution < 1.29 is 4.74 Å². The molecule has 0 bridgehead atoms. The summed E-state index contributed by atoms with van der Waals surface area (Å²) in [6.07, 6.45) is 0. The highest BCUT2D eigenvalue weighted by atomic mass is 16.5. The van der Waals surface area contributed by atoms with E-state index < -0.39 is 5.41 Å². The highest BCUT2D eigenvalue weighted by Crippen LogP contribution is 2.63. The molecule has 1 aromatic heterocycles. The van der Waals surface area contributed by atoms with E-state index in [0.29, 0.717) is 17.5 Å². The van der Waals surface area contributed by atoms with Gasteiger partial charge in [-0.1, -0.05) is 212 Å². The molecule has 0 saturated carbocycles. The molecule has 4 nitrogen and oxygen atoms in total. The summed E-state index contributed by atoms with van der Waals surface area (Å²) in [6.45, 7) is 0. The Hall–Kier alpha value is -8.47. The quantitative estimate of drug-likeness (QED) is 0.174. The molecular weight excluding hydrogens is 779 g/mol. The third-order valence-corrected chi connectivity index (χ3v) is 13.2. The van der Waals surface area contributed by atoms with Gasteiger partial charge in [-0.3, -0.25) is 0 Å². The number of rotatable bonds is 5. The summed E-state index contributed by atoms with van der Waals surface area (Å²) in [5.41, 5.74) is 14.4. The van der Waals surface area contributed by atoms with Crippen molar-refractivity contribution in [3.63, 3.8) is 0 Å². The Labute approximate surface area is 370 Å². The lowest BCUT2D eigenvalue weighted by Gasteiger charge is -2.39. The van der Waals surface area contributed by atoms with Gasteiger partial charge >= 0.3 is 0 Å². The van der Waals surface area contributed by atoms with E-state index >= 15 is 0 Å². The molecule has 298 valence electrons. The van der Waals surface area contributed by atoms with Crippen molar-refractivity contribution in [1.29, 1.82) is 0 Å². The highest BCUT2D eigenvalue weighted by Gasteiger charge is 2.51. The summed E-state index contributed by atoms with van der Waals surface area (Å²) in [7, 11) is 0. The van der Waals surface area contributed by atoms with Gasteiger partial charge in [0.25, 0.3) is 0 Å². The van der Waals surface area contributed by atoms with Gasteiger partial charge in [0.1, 0.15) is 11.5 Å². The van der Waals surface area contributed by atoms with Crippen molar-refractivity contribution in [2.75, 3.05) is 0 Å². The first-order chi connectivity index (χ1) is 31.7. The van der Waals surface area contributed by atoms with Crippen LogP contribution in [0.4, 0.5) is 0 Å². The molecule has 0 N–H and O–H groups in total. The molecule has 0 atom stereocenters. The normalized spacial score (nSPS) is 12.9. The average Bonchev–Trinajstić information content (AvgIpc) is 3.67. The van der Waals surface area contributed by atoms with Crippen LogP contribution in [0.5, 0.6) is 11.5 Å². The summed E-state index contributed by atoms with van der Waals surface area (Å²) >= 11 is 0. The Morgan fingerprint density at radius 3 is 1.52 bits per heavy atom. The van der Waals surface area contributed by atoms with Crippen molar-refractivity contribution in [1.82, 2.24) is 15.0 Å². The fraction of sp³-hybridized carbons (Fsp3) is 0.0167. The molecule has 4 heteroatoms. The maximum absolute atomic E-state index is 6.61. The van der Waals surface area contributed by atoms with Gasteiger partial charge in [0.05, 0.1) is 5.41 Å². The summed E-state index contributed by atoms with van der Waals surface area (Å²) < 4.78 is 6.61. The van der Waals surface area contributed by atoms with Gasteiger partial charge in [-0.15, -0.1) is 0 Å². The zero-order valence-corrected chi connectivity index (χ0v) is 34.6. The van der Waals surface area contributed by atoms with E-state index in [1.807, 2.05) is 30.3 Å². The maximum Gasteiger partial charge on any atom is 0.164 e. The Morgan fingerprint density at radius 2 is 0.766 bits per heavy atom. The predicted molar refractivity (Wildman–Crippen MR) is 259 cm³/mol. The molecule has 10 aromatic carbocycles. The maximum atomic E-state index is 6.61. The molecule has 1 spiro atoms. The van der Waals surface area contributed by atoms with Crippen LogP contribution in [0, 0.1) is 0 Å². The van der Waals surface area contributed by atoms with Gasteiger partial charge in [0.2, 0.25) is 0 Å². The van der Waals surface area contributed by atoms with Gasteiger partial charge in [-0.05, 0) is 78.2 Å². The van der Waals surface area contributed by atoms with Gasteiger partial charge < -0.3 is 4.74 Å². The van der Waals surface area contributed by atoms with Gasteiger partial charge in [0.15, 0.2) is 17.5 Å². The largest absolute Gasteiger partial charge is 0.457 e. The van der Waals surface area contributed by atoms with E-state index in [9.17, 15) is 0 Å². The Balaban J connectivity index is 0.942. The van der Waals surface area contributed by atoms with E-state index in [4.69, 9.17) is 19.7 Å². The number of nitrogens with zero attached hydrogens (tertiary/aromatic N) is 3. The first kappa shape index (κ1) is 36.2. The molecule has 1 aliphatic heterocycles. The van der Waals surface area contributed by atoms with Crippen LogP contribution in [0.2, 0.25) is 0 Å². The summed E-state index contributed by atoms with van der Waals surface area (Å²) in [4.78, 5) is 15.2. The molecule has 1 aliphatic carbocycles. The standard InChI is InChI=1S/C60H37N3O/c1-2-17-40(18-3-1)57-61-58(63-59(62-57)48-25-14-19-38-16-4-5-20-42(38)48)41-34-32-39(33-35-41)43-36-37-46(45-22-7-6-21-44(43)45)47-24-15-29-53-56(47)49-23-8-9-26-50(49)60(53)51-27-10-12-30-54(51)64-55-31-13-11-28-52(55)60/h1-37H. The van der Waals surface area contributed by atoms with Crippen molar-refractivity contribution in [2.24, 2.45) is 0 Å². The molecule has 2 aliphatic rings. The van der Waals surface area contributed by atoms with Crippen molar-refractivity contribution in [2.45, 2.75) is 5.41 Å². The molecule has 0 saturated heterocycles. The SMILES string of the molecule is c1ccc(-c2nc(-c3ccc(-c4ccc(-c5cccc6c5-c5ccccc5C65c6ccccc6Oc6ccccc65)c5ccccc45)cc3)nc(-c3cccc4ccccc34)n2)cc1. The minimum Gasteiger partial charge on any atom is -0.457 e. The van der Waals surface area contributed by atoms with E-state index in [1.54, 1.807) is 0 Å². The van der Waals surface area contributed by atoms with Crippen LogP contribution in [0.1, 0.15) is 22.3 Å². The number of ether oxygens (including phenoxy) is 1. The summed E-state index contributed by atoms with van der Waals surface area (Å²) in [5.74, 6) is 3.72. The molecule has 2 heterocycles. The number of hydrogen-bond donors (Lipinski definition) is 0. The lowest BCUT2D eigenvalue weighted by Crippen LogP contribution is -2.32. The van der Waals surface area contributed by atoms with Crippen LogP contribution in [0.15, 0.2) is 224 Å². The third kappa shape index (κ3) is 5.39. The molecule has 11 aromatic rings. The first-order valence-electron chi connectivity index (χ1n) is 21.8. The van der Waals surface area contributed by atoms with Gasteiger partial charge in [-0.2, -0.15) is 0 Å². The lowest BCUT2D eigenvalue weighted by molar-refractivity contribution is 0.436. The second kappa shape index (κ2) is 14.3. The van der Waals surface area contributed by atoms with E-state index in [1.165, 1.54) is 60.8 Å². The van der Waals surface area contributed by atoms with Crippen molar-refractivity contribution >= 4 is 21.5 Å². The molecular formula is C60H37N3O. The fourth-order valence-corrected chi connectivity index (χ4v) is 10.5. The molecule has 0 amide bonds. The van der Waals surface area contributed by atoms with Crippen LogP contribution < -0.4 is 4.74 Å². The monoisotopic (exact) mass is 815 g/mol. The smallest absolute Gasteiger partial charge is 0.164 e. The molecule has 13 rings (SSSR count). The summed E-state index contributed by atoms with van der Waals surface area (Å²) in [6, 6.07) is 79.8. The van der Waals surface area contributed by atoms with E-state index in [0.717, 1.165) is 44.5 Å². The average molecular weight is 816 g/mol. The molecule has 0 radical (unpaired) electrons. The van der Waals surface area contributed by atoms with Crippen LogP contribution in [-0.4, -0.2) is 15.0 Å². The molecule has 64 heavy (non-hydrogen) atoms. The Kier molecular flexibility index (Phi) is 8.09. The molecule has 0 unspecified atom stereocenters. The van der Waals surface area contributed by atoms with E-state index in [-0.39, 0.29) is 0 Å². The van der Waals surface area contributed by atoms with Gasteiger partial charge in [-0.25, -0.2) is 15.0 Å². The number of aromatic nitrogens is 3. The predicted octanol–water partition coefficient (Wildman–Crippen LogP) is 15.0. The second-order valence-electron chi connectivity index (χ2n) is 16.6. The Bertz CT molecular complexity index is 3600. The second-order valence-corrected chi connectivity index (χ2v) is 16.6. The van der Waals surface area contributed by atoms with Gasteiger partial charge in [0, 0.05) is 27.8 Å². The zero-order chi connectivity index (χ0) is 42.2. The van der Waals surface area contributed by atoms with Crippen molar-refractivity contribution in [3.05, 3.63) is 247 Å². The summed E-state index contributed by atoms with van der Waals surface area (Å²) in [5, 5.41) is 4.65. The fourth-order valence-electron chi connectivity index (χ4n) is 10.5. The number of fused-ring (bicyclic) bond motifs is 11. The topological polar surface area (TPSA) is 47.9 Å². The van der Waals surface area contributed by atoms with Crippen LogP contribution in [0.3, 0.4) is 0 Å². The molecule has 0 fully saturated rings.